The van der Waals surface area contributed by atoms with Crippen molar-refractivity contribution in [3.8, 4) is 0 Å². The Kier molecular flexibility index (Phi) is 8.77. The summed E-state index contributed by atoms with van der Waals surface area (Å²) >= 11 is 0. The number of ether oxygens (including phenoxy) is 2. The molecule has 2 amide bonds. The van der Waals surface area contributed by atoms with Crippen molar-refractivity contribution >= 4 is 34.7 Å². The molecule has 1 aromatic heterocycles. The molecule has 2 aliphatic rings. The van der Waals surface area contributed by atoms with Gasteiger partial charge in [0.05, 0.1) is 16.6 Å². The third-order valence-electron chi connectivity index (χ3n) is 7.64. The fourth-order valence-electron chi connectivity index (χ4n) is 4.91. The molecular formula is C30H40N4O6. The maximum absolute atomic E-state index is 13.2. The van der Waals surface area contributed by atoms with Gasteiger partial charge in [0, 0.05) is 11.9 Å². The van der Waals surface area contributed by atoms with Crippen LogP contribution in [0.1, 0.15) is 78.2 Å². The maximum Gasteiger partial charge on any atom is 0.325 e. The highest BCUT2D eigenvalue weighted by atomic mass is 16.6. The molecule has 2 aromatic rings. The molecule has 40 heavy (non-hydrogen) atoms. The Morgan fingerprint density at radius 2 is 1.77 bits per heavy atom. The number of carbonyl (C=O) groups is 4. The van der Waals surface area contributed by atoms with Crippen molar-refractivity contribution in [2.45, 2.75) is 91.5 Å². The number of benzene rings is 1. The number of pyridine rings is 1. The van der Waals surface area contributed by atoms with Crippen molar-refractivity contribution in [3.05, 3.63) is 41.6 Å². The quantitative estimate of drug-likeness (QED) is 0.516. The summed E-state index contributed by atoms with van der Waals surface area (Å²) in [6.45, 7) is 10.9. The molecule has 10 nitrogen and oxygen atoms in total. The Morgan fingerprint density at radius 1 is 1.05 bits per heavy atom. The van der Waals surface area contributed by atoms with Gasteiger partial charge in [0.1, 0.15) is 18.2 Å². The van der Waals surface area contributed by atoms with E-state index in [1.807, 2.05) is 30.3 Å². The van der Waals surface area contributed by atoms with E-state index in [2.05, 4.69) is 10.7 Å². The largest absolute Gasteiger partial charge is 0.455 e. The van der Waals surface area contributed by atoms with Crippen LogP contribution in [-0.2, 0) is 35.1 Å². The number of hydrazine groups is 1. The first-order chi connectivity index (χ1) is 18.9. The minimum absolute atomic E-state index is 0.307. The summed E-state index contributed by atoms with van der Waals surface area (Å²) in [4.78, 5) is 57.4. The summed E-state index contributed by atoms with van der Waals surface area (Å²) in [5.74, 6) is -2.19. The van der Waals surface area contributed by atoms with Crippen molar-refractivity contribution in [2.75, 3.05) is 6.54 Å². The van der Waals surface area contributed by atoms with Crippen LogP contribution in [0.15, 0.2) is 30.3 Å². The molecule has 2 N–H and O–H groups in total. The number of esters is 2. The predicted octanol–water partition coefficient (Wildman–Crippen LogP) is 3.38. The molecule has 0 aliphatic carbocycles. The summed E-state index contributed by atoms with van der Waals surface area (Å²) in [6.07, 6.45) is 0.536. The second-order valence-corrected chi connectivity index (χ2v) is 11.8. The van der Waals surface area contributed by atoms with Crippen molar-refractivity contribution in [2.24, 2.45) is 11.3 Å². The summed E-state index contributed by atoms with van der Waals surface area (Å²) in [6, 6.07) is 8.14. The lowest BCUT2D eigenvalue weighted by molar-refractivity contribution is -0.167. The zero-order valence-corrected chi connectivity index (χ0v) is 24.2. The van der Waals surface area contributed by atoms with Crippen molar-refractivity contribution in [3.63, 3.8) is 0 Å². The van der Waals surface area contributed by atoms with Crippen LogP contribution in [0.2, 0.25) is 0 Å². The normalized spacial score (nSPS) is 26.8. The second kappa shape index (κ2) is 11.9. The standard InChI is InChI=1S/C30H40N4O6/c1-17(2)25-26(35)31-18(3)27(36)34-15-7-8-23(33-34)28(37)39-19(4)22-12-11-21-10-9-20(16-24(21)32-22)13-14-30(5,6)29(38)40-25/h9-12,16-19,23,25,33H,7-8,13-15H2,1-6H3,(H,31,35)/t18-,19+,23-,25-/m0/s1. The Morgan fingerprint density at radius 3 is 2.50 bits per heavy atom. The summed E-state index contributed by atoms with van der Waals surface area (Å²) < 4.78 is 11.5. The summed E-state index contributed by atoms with van der Waals surface area (Å²) in [5.41, 5.74) is 4.50. The smallest absolute Gasteiger partial charge is 0.325 e. The van der Waals surface area contributed by atoms with Crippen molar-refractivity contribution in [1.82, 2.24) is 20.7 Å². The Hall–Kier alpha value is -3.53. The van der Waals surface area contributed by atoms with E-state index in [4.69, 9.17) is 14.5 Å². The van der Waals surface area contributed by atoms with Gasteiger partial charge in [-0.2, -0.15) is 0 Å². The number of hydrogen-bond donors (Lipinski definition) is 2. The van der Waals surface area contributed by atoms with Gasteiger partial charge in [-0.15, -0.1) is 0 Å². The number of aromatic nitrogens is 1. The number of nitrogens with zero attached hydrogens (tertiary/aromatic N) is 2. The SMILES string of the molecule is CC(C)[C@@H]1OC(=O)C(C)(C)CCc2ccc3ccc(nc3c2)[C@@H](C)OC(=O)[C@@H]2CCCN(N2)C(=O)[C@H](C)NC1=O. The van der Waals surface area contributed by atoms with E-state index >= 15 is 0 Å². The number of cyclic esters (lactones) is 2. The van der Waals surface area contributed by atoms with E-state index in [1.165, 1.54) is 5.01 Å². The molecule has 216 valence electrons. The molecule has 2 aliphatic heterocycles. The van der Waals surface area contributed by atoms with Crippen molar-refractivity contribution in [1.29, 1.82) is 0 Å². The molecule has 10 heteroatoms. The molecule has 1 saturated heterocycles. The van der Waals surface area contributed by atoms with Crippen LogP contribution in [0.3, 0.4) is 0 Å². The molecular weight excluding hydrogens is 512 g/mol. The maximum atomic E-state index is 13.2. The molecule has 0 unspecified atom stereocenters. The van der Waals surface area contributed by atoms with E-state index in [1.54, 1.807) is 41.5 Å². The zero-order chi connectivity index (χ0) is 29.2. The van der Waals surface area contributed by atoms with Gasteiger partial charge in [-0.1, -0.05) is 32.0 Å². The number of rotatable bonds is 1. The molecule has 4 rings (SSSR count). The van der Waals surface area contributed by atoms with E-state index in [0.717, 1.165) is 16.5 Å². The molecule has 0 radical (unpaired) electrons. The van der Waals surface area contributed by atoms with Gasteiger partial charge in [-0.3, -0.25) is 24.2 Å². The molecule has 3 heterocycles. The minimum Gasteiger partial charge on any atom is -0.455 e. The van der Waals surface area contributed by atoms with Gasteiger partial charge in [0.2, 0.25) is 0 Å². The van der Waals surface area contributed by atoms with Crippen LogP contribution in [0.25, 0.3) is 10.9 Å². The third kappa shape index (κ3) is 6.60. The van der Waals surface area contributed by atoms with Gasteiger partial charge in [0.15, 0.2) is 6.10 Å². The van der Waals surface area contributed by atoms with Gasteiger partial charge in [0.25, 0.3) is 11.8 Å². The first-order valence-corrected chi connectivity index (χ1v) is 14.0. The molecule has 0 saturated carbocycles. The van der Waals surface area contributed by atoms with Crippen LogP contribution in [0.5, 0.6) is 0 Å². The van der Waals surface area contributed by atoms with Crippen LogP contribution >= 0.6 is 0 Å². The predicted molar refractivity (Wildman–Crippen MR) is 149 cm³/mol. The average molecular weight is 553 g/mol. The highest BCUT2D eigenvalue weighted by molar-refractivity contribution is 5.91. The lowest BCUT2D eigenvalue weighted by atomic mass is 9.86. The van der Waals surface area contributed by atoms with Gasteiger partial charge >= 0.3 is 11.9 Å². The van der Waals surface area contributed by atoms with Crippen LogP contribution in [0.4, 0.5) is 0 Å². The van der Waals surface area contributed by atoms with E-state index in [9.17, 15) is 19.2 Å². The third-order valence-corrected chi connectivity index (χ3v) is 7.64. The average Bonchev–Trinajstić information content (AvgIpc) is 2.92. The van der Waals surface area contributed by atoms with E-state index < -0.39 is 53.5 Å². The Bertz CT molecular complexity index is 1290. The molecule has 1 fully saturated rings. The number of hydrogen-bond acceptors (Lipinski definition) is 8. The first-order valence-electron chi connectivity index (χ1n) is 14.0. The highest BCUT2D eigenvalue weighted by Crippen LogP contribution is 2.28. The number of aryl methyl sites for hydroxylation is 1. The molecule has 4 atom stereocenters. The van der Waals surface area contributed by atoms with Gasteiger partial charge in [-0.25, -0.2) is 10.4 Å². The number of fused-ring (bicyclic) bond motifs is 4. The zero-order valence-electron chi connectivity index (χ0n) is 24.2. The van der Waals surface area contributed by atoms with Gasteiger partial charge < -0.3 is 14.8 Å². The van der Waals surface area contributed by atoms with E-state index in [0.29, 0.717) is 37.9 Å². The first kappa shape index (κ1) is 29.5. The van der Waals surface area contributed by atoms with Crippen LogP contribution in [-0.4, -0.2) is 58.5 Å². The number of nitrogens with one attached hydrogen (secondary N) is 2. The lowest BCUT2D eigenvalue weighted by Crippen LogP contribution is -2.60. The molecule has 5 bridgehead atoms. The Labute approximate surface area is 235 Å². The van der Waals surface area contributed by atoms with Crippen LogP contribution < -0.4 is 10.7 Å². The van der Waals surface area contributed by atoms with E-state index in [-0.39, 0.29) is 5.92 Å². The molecule has 1 aromatic carbocycles. The van der Waals surface area contributed by atoms with Crippen LogP contribution in [0, 0.1) is 11.3 Å². The fraction of sp³-hybridized carbons (Fsp3) is 0.567. The number of carbonyl (C=O) groups excluding carboxylic acids is 4. The van der Waals surface area contributed by atoms with Gasteiger partial charge in [-0.05, 0) is 77.0 Å². The Balaban J connectivity index is 1.66. The summed E-state index contributed by atoms with van der Waals surface area (Å²) in [7, 11) is 0. The fourth-order valence-corrected chi connectivity index (χ4v) is 4.91. The monoisotopic (exact) mass is 552 g/mol. The lowest BCUT2D eigenvalue weighted by Gasteiger charge is -2.35. The molecule has 0 spiro atoms. The topological polar surface area (TPSA) is 127 Å². The minimum atomic E-state index is -1.06. The second-order valence-electron chi connectivity index (χ2n) is 11.8. The number of amides is 2. The highest BCUT2D eigenvalue weighted by Gasteiger charge is 2.37. The summed E-state index contributed by atoms with van der Waals surface area (Å²) in [5, 5.41) is 5.00. The van der Waals surface area contributed by atoms with Crippen molar-refractivity contribution < 1.29 is 28.7 Å².